The standard InChI is InChI=1S/C13H19N3O6/c1-12(11(20-2)21-3)13(15,17)10(14)8-6-7(16(18)19)4-5-9(8)22-12/h4-6,10-11,17H,14-15H2,1-3H3/t10-,12-,13+/m1/s1. The minimum atomic E-state index is -2.08. The number of nitro groups is 1. The van der Waals surface area contributed by atoms with Crippen LogP contribution in [0.3, 0.4) is 0 Å². The van der Waals surface area contributed by atoms with Crippen LogP contribution in [0.15, 0.2) is 18.2 Å². The number of fused-ring (bicyclic) bond motifs is 1. The van der Waals surface area contributed by atoms with Crippen molar-refractivity contribution in [2.45, 2.75) is 30.6 Å². The summed E-state index contributed by atoms with van der Waals surface area (Å²) in [6.45, 7) is 1.49. The van der Waals surface area contributed by atoms with Crippen molar-refractivity contribution in [3.8, 4) is 5.75 Å². The number of ether oxygens (including phenoxy) is 3. The van der Waals surface area contributed by atoms with Gasteiger partial charge in [0.15, 0.2) is 5.72 Å². The molecule has 0 saturated carbocycles. The molecule has 0 aliphatic carbocycles. The van der Waals surface area contributed by atoms with Crippen molar-refractivity contribution < 1.29 is 24.2 Å². The molecule has 0 bridgehead atoms. The number of methoxy groups -OCH3 is 2. The number of hydrogen-bond donors (Lipinski definition) is 3. The first-order valence-corrected chi connectivity index (χ1v) is 6.48. The quantitative estimate of drug-likeness (QED) is 0.401. The van der Waals surface area contributed by atoms with Crippen LogP contribution in [0.25, 0.3) is 0 Å². The zero-order valence-corrected chi connectivity index (χ0v) is 12.5. The van der Waals surface area contributed by atoms with E-state index in [0.29, 0.717) is 0 Å². The number of non-ortho nitro benzene ring substituents is 1. The number of nitrogens with two attached hydrogens (primary N) is 2. The number of nitro benzene ring substituents is 1. The Bertz CT molecular complexity index is 589. The van der Waals surface area contributed by atoms with Crippen LogP contribution in [0.1, 0.15) is 18.5 Å². The Morgan fingerprint density at radius 1 is 1.45 bits per heavy atom. The molecule has 3 atom stereocenters. The van der Waals surface area contributed by atoms with Crippen LogP contribution in [-0.4, -0.2) is 41.9 Å². The highest BCUT2D eigenvalue weighted by atomic mass is 16.7. The van der Waals surface area contributed by atoms with Gasteiger partial charge in [0.05, 0.1) is 11.0 Å². The largest absolute Gasteiger partial charge is 0.477 e. The highest BCUT2D eigenvalue weighted by molar-refractivity contribution is 5.49. The summed E-state index contributed by atoms with van der Waals surface area (Å²) in [5.41, 5.74) is 8.47. The predicted molar refractivity (Wildman–Crippen MR) is 76.0 cm³/mol. The third kappa shape index (κ3) is 2.23. The highest BCUT2D eigenvalue weighted by Gasteiger charge is 2.60. The van der Waals surface area contributed by atoms with Gasteiger partial charge in [0.1, 0.15) is 5.75 Å². The van der Waals surface area contributed by atoms with E-state index < -0.39 is 28.6 Å². The topological polar surface area (TPSA) is 143 Å². The van der Waals surface area contributed by atoms with Gasteiger partial charge in [0, 0.05) is 31.9 Å². The molecule has 0 aromatic heterocycles. The lowest BCUT2D eigenvalue weighted by Gasteiger charge is -2.51. The van der Waals surface area contributed by atoms with Gasteiger partial charge in [-0.1, -0.05) is 0 Å². The summed E-state index contributed by atoms with van der Waals surface area (Å²) in [6, 6.07) is 2.78. The van der Waals surface area contributed by atoms with Crippen LogP contribution in [0.2, 0.25) is 0 Å². The van der Waals surface area contributed by atoms with Crippen LogP contribution >= 0.6 is 0 Å². The van der Waals surface area contributed by atoms with E-state index in [-0.39, 0.29) is 17.0 Å². The molecule has 1 aliphatic rings. The minimum Gasteiger partial charge on any atom is -0.477 e. The van der Waals surface area contributed by atoms with Crippen molar-refractivity contribution in [2.75, 3.05) is 14.2 Å². The van der Waals surface area contributed by atoms with Gasteiger partial charge in [-0.3, -0.25) is 15.8 Å². The fourth-order valence-corrected chi connectivity index (χ4v) is 2.62. The fraction of sp³-hybridized carbons (Fsp3) is 0.538. The summed E-state index contributed by atoms with van der Waals surface area (Å²) >= 11 is 0. The first-order chi connectivity index (χ1) is 10.2. The molecule has 122 valence electrons. The van der Waals surface area contributed by atoms with Crippen molar-refractivity contribution in [2.24, 2.45) is 11.5 Å². The molecule has 0 radical (unpaired) electrons. The van der Waals surface area contributed by atoms with E-state index >= 15 is 0 Å². The molecule has 22 heavy (non-hydrogen) atoms. The summed E-state index contributed by atoms with van der Waals surface area (Å²) in [6.07, 6.45) is -1.00. The van der Waals surface area contributed by atoms with Gasteiger partial charge in [-0.25, -0.2) is 0 Å². The average molecular weight is 313 g/mol. The Balaban J connectivity index is 2.57. The fourth-order valence-electron chi connectivity index (χ4n) is 2.62. The maximum Gasteiger partial charge on any atom is 0.270 e. The molecular weight excluding hydrogens is 294 g/mol. The number of nitrogens with zero attached hydrogens (tertiary/aromatic N) is 1. The summed E-state index contributed by atoms with van der Waals surface area (Å²) in [4.78, 5) is 10.3. The molecule has 9 nitrogen and oxygen atoms in total. The third-order valence-electron chi connectivity index (χ3n) is 4.01. The lowest BCUT2D eigenvalue weighted by atomic mass is 9.79. The second kappa shape index (κ2) is 5.45. The summed E-state index contributed by atoms with van der Waals surface area (Å²) in [5, 5.41) is 21.5. The van der Waals surface area contributed by atoms with E-state index in [1.807, 2.05) is 0 Å². The molecule has 0 unspecified atom stereocenters. The van der Waals surface area contributed by atoms with E-state index in [4.69, 9.17) is 25.7 Å². The van der Waals surface area contributed by atoms with Gasteiger partial charge in [-0.15, -0.1) is 0 Å². The molecule has 0 fully saturated rings. The van der Waals surface area contributed by atoms with Gasteiger partial charge in [0.25, 0.3) is 5.69 Å². The third-order valence-corrected chi connectivity index (χ3v) is 4.01. The zero-order chi connectivity index (χ0) is 16.7. The van der Waals surface area contributed by atoms with Gasteiger partial charge in [-0.2, -0.15) is 0 Å². The second-order valence-corrected chi connectivity index (χ2v) is 5.29. The molecule has 0 saturated heterocycles. The molecule has 9 heteroatoms. The molecule has 1 aliphatic heterocycles. The highest BCUT2D eigenvalue weighted by Crippen LogP contribution is 2.45. The van der Waals surface area contributed by atoms with Crippen molar-refractivity contribution in [1.82, 2.24) is 0 Å². The molecule has 1 aromatic rings. The summed E-state index contributed by atoms with van der Waals surface area (Å²) < 4.78 is 16.1. The Morgan fingerprint density at radius 3 is 2.55 bits per heavy atom. The van der Waals surface area contributed by atoms with Crippen LogP contribution in [0, 0.1) is 10.1 Å². The van der Waals surface area contributed by atoms with Crippen LogP contribution < -0.4 is 16.2 Å². The molecule has 1 aromatic carbocycles. The average Bonchev–Trinajstić information content (AvgIpc) is 2.46. The molecule has 0 amide bonds. The Morgan fingerprint density at radius 2 is 2.05 bits per heavy atom. The smallest absolute Gasteiger partial charge is 0.270 e. The van der Waals surface area contributed by atoms with Crippen LogP contribution in [-0.2, 0) is 9.47 Å². The number of rotatable bonds is 4. The summed E-state index contributed by atoms with van der Waals surface area (Å²) in [7, 11) is 2.74. The van der Waals surface area contributed by atoms with Gasteiger partial charge in [-0.05, 0) is 13.0 Å². The van der Waals surface area contributed by atoms with Gasteiger partial charge < -0.3 is 25.1 Å². The van der Waals surface area contributed by atoms with Crippen molar-refractivity contribution in [1.29, 1.82) is 0 Å². The Labute approximate surface area is 126 Å². The number of aliphatic hydroxyl groups is 1. The van der Waals surface area contributed by atoms with Crippen molar-refractivity contribution in [3.63, 3.8) is 0 Å². The molecule has 1 heterocycles. The van der Waals surface area contributed by atoms with E-state index in [1.54, 1.807) is 0 Å². The monoisotopic (exact) mass is 313 g/mol. The molecular formula is C13H19N3O6. The van der Waals surface area contributed by atoms with Gasteiger partial charge in [0.2, 0.25) is 11.9 Å². The maximum atomic E-state index is 10.9. The first kappa shape index (κ1) is 16.6. The lowest BCUT2D eigenvalue weighted by molar-refractivity contribution is -0.385. The van der Waals surface area contributed by atoms with E-state index in [1.165, 1.54) is 39.3 Å². The van der Waals surface area contributed by atoms with Gasteiger partial charge >= 0.3 is 0 Å². The number of hydrogen-bond acceptors (Lipinski definition) is 8. The zero-order valence-electron chi connectivity index (χ0n) is 12.5. The van der Waals surface area contributed by atoms with Crippen molar-refractivity contribution >= 4 is 5.69 Å². The normalized spacial score (nSPS) is 30.8. The molecule has 5 N–H and O–H groups in total. The second-order valence-electron chi connectivity index (χ2n) is 5.29. The van der Waals surface area contributed by atoms with E-state index in [0.717, 1.165) is 0 Å². The lowest BCUT2D eigenvalue weighted by Crippen LogP contribution is -2.73. The van der Waals surface area contributed by atoms with Crippen LogP contribution in [0.4, 0.5) is 5.69 Å². The number of benzene rings is 1. The Kier molecular flexibility index (Phi) is 4.11. The predicted octanol–water partition coefficient (Wildman–Crippen LogP) is 0.0119. The van der Waals surface area contributed by atoms with E-state index in [9.17, 15) is 15.2 Å². The summed E-state index contributed by atoms with van der Waals surface area (Å²) in [5.74, 6) is 0.273. The Hall–Kier alpha value is -1.78. The maximum absolute atomic E-state index is 10.9. The van der Waals surface area contributed by atoms with Crippen LogP contribution in [0.5, 0.6) is 5.75 Å². The molecule has 0 spiro atoms. The van der Waals surface area contributed by atoms with Crippen molar-refractivity contribution in [3.05, 3.63) is 33.9 Å². The first-order valence-electron chi connectivity index (χ1n) is 6.48. The molecule has 2 rings (SSSR count). The minimum absolute atomic E-state index is 0.174. The SMILES string of the molecule is COC(OC)[C@@]1(C)Oc2ccc([N+](=O)[O-])cc2[C@@H](N)[C@]1(N)O. The van der Waals surface area contributed by atoms with E-state index in [2.05, 4.69) is 0 Å².